The predicted molar refractivity (Wildman–Crippen MR) is 39.6 cm³/mol. The Bertz CT molecular complexity index is 261. The molecule has 0 amide bonds. The second-order valence-electron chi connectivity index (χ2n) is 2.60. The molecule has 0 aromatic rings. The third kappa shape index (κ3) is 2.36. The van der Waals surface area contributed by atoms with E-state index < -0.39 is 24.7 Å². The molecule has 0 radical (unpaired) electrons. The topological polar surface area (TPSA) is 47.9 Å². The first-order valence-electron chi connectivity index (χ1n) is 3.91. The van der Waals surface area contributed by atoms with Gasteiger partial charge in [0.15, 0.2) is 5.71 Å². The standard InChI is InChI=1S/C7H8F3NO3/c1-2-13-6(12)4-3-5(14-11-4)7(8,9)10/h5H,2-3H2,1H3. The van der Waals surface area contributed by atoms with Crippen molar-refractivity contribution in [3.05, 3.63) is 0 Å². The number of alkyl halides is 3. The largest absolute Gasteiger partial charge is 0.461 e. The highest BCUT2D eigenvalue weighted by atomic mass is 19.4. The fourth-order valence-corrected chi connectivity index (χ4v) is 0.888. The van der Waals surface area contributed by atoms with Crippen LogP contribution < -0.4 is 0 Å². The zero-order valence-corrected chi connectivity index (χ0v) is 7.30. The second-order valence-corrected chi connectivity index (χ2v) is 2.60. The Morgan fingerprint density at radius 1 is 1.71 bits per heavy atom. The third-order valence-corrected chi connectivity index (χ3v) is 1.55. The minimum Gasteiger partial charge on any atom is -0.461 e. The quantitative estimate of drug-likeness (QED) is 0.646. The van der Waals surface area contributed by atoms with Crippen LogP contribution in [0.4, 0.5) is 13.2 Å². The highest BCUT2D eigenvalue weighted by molar-refractivity contribution is 6.36. The van der Waals surface area contributed by atoms with E-state index in [2.05, 4.69) is 14.7 Å². The first-order valence-corrected chi connectivity index (χ1v) is 3.91. The maximum Gasteiger partial charge on any atom is 0.428 e. The molecular formula is C7H8F3NO3. The van der Waals surface area contributed by atoms with Gasteiger partial charge in [-0.25, -0.2) is 4.79 Å². The molecule has 1 atom stereocenters. The van der Waals surface area contributed by atoms with Gasteiger partial charge in [0.1, 0.15) is 0 Å². The summed E-state index contributed by atoms with van der Waals surface area (Å²) >= 11 is 0. The predicted octanol–water partition coefficient (Wildman–Crippen LogP) is 1.26. The molecule has 0 fully saturated rings. The molecule has 4 nitrogen and oxygen atoms in total. The van der Waals surface area contributed by atoms with E-state index in [4.69, 9.17) is 0 Å². The lowest BCUT2D eigenvalue weighted by atomic mass is 10.2. The average Bonchev–Trinajstić information content (AvgIpc) is 2.51. The molecule has 14 heavy (non-hydrogen) atoms. The van der Waals surface area contributed by atoms with Crippen molar-refractivity contribution in [2.24, 2.45) is 5.16 Å². The van der Waals surface area contributed by atoms with Crippen LogP contribution in [0.25, 0.3) is 0 Å². The smallest absolute Gasteiger partial charge is 0.428 e. The first-order chi connectivity index (χ1) is 6.45. The van der Waals surface area contributed by atoms with Crippen LogP contribution in [0.1, 0.15) is 13.3 Å². The third-order valence-electron chi connectivity index (χ3n) is 1.55. The number of hydrogen-bond donors (Lipinski definition) is 0. The van der Waals surface area contributed by atoms with Gasteiger partial charge in [0.2, 0.25) is 6.10 Å². The van der Waals surface area contributed by atoms with Crippen molar-refractivity contribution >= 4 is 11.7 Å². The van der Waals surface area contributed by atoms with E-state index in [1.165, 1.54) is 0 Å². The molecular weight excluding hydrogens is 203 g/mol. The van der Waals surface area contributed by atoms with Crippen molar-refractivity contribution in [3.8, 4) is 0 Å². The van der Waals surface area contributed by atoms with Crippen LogP contribution >= 0.6 is 0 Å². The number of ether oxygens (including phenoxy) is 1. The zero-order chi connectivity index (χ0) is 10.8. The lowest BCUT2D eigenvalue weighted by Crippen LogP contribution is -2.30. The van der Waals surface area contributed by atoms with Crippen LogP contribution in [-0.2, 0) is 14.4 Å². The Morgan fingerprint density at radius 3 is 2.79 bits per heavy atom. The Hall–Kier alpha value is -1.27. The molecule has 1 unspecified atom stereocenters. The highest BCUT2D eigenvalue weighted by Crippen LogP contribution is 2.29. The van der Waals surface area contributed by atoms with E-state index in [0.29, 0.717) is 0 Å². The summed E-state index contributed by atoms with van der Waals surface area (Å²) in [7, 11) is 0. The van der Waals surface area contributed by atoms with Crippen molar-refractivity contribution < 1.29 is 27.5 Å². The average molecular weight is 211 g/mol. The van der Waals surface area contributed by atoms with Crippen molar-refractivity contribution in [2.45, 2.75) is 25.6 Å². The van der Waals surface area contributed by atoms with E-state index >= 15 is 0 Å². The van der Waals surface area contributed by atoms with E-state index in [-0.39, 0.29) is 12.3 Å². The molecule has 1 rings (SSSR count). The molecule has 0 saturated carbocycles. The minimum atomic E-state index is -4.50. The van der Waals surface area contributed by atoms with Gasteiger partial charge in [0.25, 0.3) is 0 Å². The van der Waals surface area contributed by atoms with Crippen LogP contribution in [-0.4, -0.2) is 30.6 Å². The number of carbonyl (C=O) groups excluding carboxylic acids is 1. The fraction of sp³-hybridized carbons (Fsp3) is 0.714. The van der Waals surface area contributed by atoms with Crippen LogP contribution in [0.15, 0.2) is 5.16 Å². The summed E-state index contributed by atoms with van der Waals surface area (Å²) in [5, 5.41) is 3.02. The number of carbonyl (C=O) groups is 1. The van der Waals surface area contributed by atoms with Gasteiger partial charge >= 0.3 is 12.1 Å². The van der Waals surface area contributed by atoms with E-state index in [0.717, 1.165) is 0 Å². The Kier molecular flexibility index (Phi) is 2.97. The van der Waals surface area contributed by atoms with Gasteiger partial charge in [-0.15, -0.1) is 0 Å². The first kappa shape index (κ1) is 10.8. The van der Waals surface area contributed by atoms with E-state index in [9.17, 15) is 18.0 Å². The molecule has 80 valence electrons. The van der Waals surface area contributed by atoms with Gasteiger partial charge in [0.05, 0.1) is 6.61 Å². The lowest BCUT2D eigenvalue weighted by Gasteiger charge is -2.11. The minimum absolute atomic E-state index is 0.0918. The molecule has 0 N–H and O–H groups in total. The van der Waals surface area contributed by atoms with Crippen molar-refractivity contribution in [3.63, 3.8) is 0 Å². The normalized spacial score (nSPS) is 21.4. The maximum atomic E-state index is 12.0. The van der Waals surface area contributed by atoms with Crippen LogP contribution in [0.5, 0.6) is 0 Å². The van der Waals surface area contributed by atoms with Crippen molar-refractivity contribution in [1.82, 2.24) is 0 Å². The summed E-state index contributed by atoms with van der Waals surface area (Å²) in [6.07, 6.45) is -7.11. The molecule has 0 spiro atoms. The number of halogens is 3. The van der Waals surface area contributed by atoms with Gasteiger partial charge in [0, 0.05) is 6.42 Å². The van der Waals surface area contributed by atoms with E-state index in [1.54, 1.807) is 6.92 Å². The summed E-state index contributed by atoms with van der Waals surface area (Å²) in [4.78, 5) is 15.0. The van der Waals surface area contributed by atoms with Crippen molar-refractivity contribution in [1.29, 1.82) is 0 Å². The van der Waals surface area contributed by atoms with Crippen LogP contribution in [0.2, 0.25) is 0 Å². The Labute approximate surface area is 77.7 Å². The second kappa shape index (κ2) is 3.85. The molecule has 1 heterocycles. The van der Waals surface area contributed by atoms with Crippen molar-refractivity contribution in [2.75, 3.05) is 6.61 Å². The zero-order valence-electron chi connectivity index (χ0n) is 7.30. The van der Waals surface area contributed by atoms with Gasteiger partial charge in [-0.05, 0) is 6.92 Å². The van der Waals surface area contributed by atoms with E-state index in [1.807, 2.05) is 0 Å². The monoisotopic (exact) mass is 211 g/mol. The van der Waals surface area contributed by atoms with Gasteiger partial charge < -0.3 is 9.57 Å². The molecule has 0 aromatic carbocycles. The molecule has 1 aliphatic heterocycles. The molecule has 0 aromatic heterocycles. The molecule has 7 heteroatoms. The summed E-state index contributed by atoms with van der Waals surface area (Å²) in [5.74, 6) is -0.862. The number of rotatable bonds is 2. The fourth-order valence-electron chi connectivity index (χ4n) is 0.888. The summed E-state index contributed by atoms with van der Waals surface area (Å²) in [6, 6.07) is 0. The number of esters is 1. The number of oxime groups is 1. The highest BCUT2D eigenvalue weighted by Gasteiger charge is 2.47. The molecule has 0 bridgehead atoms. The number of hydrogen-bond acceptors (Lipinski definition) is 4. The number of nitrogens with zero attached hydrogens (tertiary/aromatic N) is 1. The molecule has 1 aliphatic rings. The van der Waals surface area contributed by atoms with Crippen LogP contribution in [0, 0.1) is 0 Å². The SMILES string of the molecule is CCOC(=O)C1=NOC(C(F)(F)F)C1. The summed E-state index contributed by atoms with van der Waals surface area (Å²) in [5.41, 5.74) is -0.325. The maximum absolute atomic E-state index is 12.0. The molecule has 0 saturated heterocycles. The lowest BCUT2D eigenvalue weighted by molar-refractivity contribution is -0.212. The van der Waals surface area contributed by atoms with Gasteiger partial charge in [-0.3, -0.25) is 0 Å². The molecule has 0 aliphatic carbocycles. The van der Waals surface area contributed by atoms with Crippen LogP contribution in [0.3, 0.4) is 0 Å². The van der Waals surface area contributed by atoms with Gasteiger partial charge in [-0.2, -0.15) is 13.2 Å². The summed E-state index contributed by atoms with van der Waals surface area (Å²) < 4.78 is 40.6. The Balaban J connectivity index is 2.52. The van der Waals surface area contributed by atoms with Gasteiger partial charge in [-0.1, -0.05) is 5.16 Å². The summed E-state index contributed by atoms with van der Waals surface area (Å²) in [6.45, 7) is 1.64. The Morgan fingerprint density at radius 2 is 2.36 bits per heavy atom.